The number of para-hydroxylation sites is 2. The Bertz CT molecular complexity index is 943. The normalized spacial score (nSPS) is 11.0. The van der Waals surface area contributed by atoms with E-state index in [1.54, 1.807) is 36.4 Å². The van der Waals surface area contributed by atoms with E-state index in [2.05, 4.69) is 9.97 Å². The van der Waals surface area contributed by atoms with Gasteiger partial charge in [0.15, 0.2) is 0 Å². The van der Waals surface area contributed by atoms with E-state index in [9.17, 15) is 4.79 Å². The Morgan fingerprint density at radius 2 is 2.00 bits per heavy atom. The summed E-state index contributed by atoms with van der Waals surface area (Å²) in [5, 5.41) is 0.617. The van der Waals surface area contributed by atoms with E-state index in [0.717, 1.165) is 11.0 Å². The van der Waals surface area contributed by atoms with Crippen LogP contribution in [0.4, 0.5) is 0 Å². The van der Waals surface area contributed by atoms with E-state index >= 15 is 0 Å². The third-order valence-corrected chi connectivity index (χ3v) is 3.97. The molecule has 0 saturated carbocycles. The highest BCUT2D eigenvalue weighted by molar-refractivity contribution is 6.30. The summed E-state index contributed by atoms with van der Waals surface area (Å²) in [5.74, 6) is 0.551. The molecule has 132 valence electrons. The molecule has 3 aromatic rings. The lowest BCUT2D eigenvalue weighted by atomic mass is 10.3. The fourth-order valence-corrected chi connectivity index (χ4v) is 2.48. The number of amides is 1. The standard InChI is InChI=1S/C20H18ClN3O2/c1-24(11-12-26-17-6-4-5-15(21)13-17)20(25)10-9-16-14-22-18-7-2-3-8-19(18)23-16/h2-10,13-14H,11-12H2,1H3/b10-9+. The molecule has 0 fully saturated rings. The molecule has 0 atom stereocenters. The molecular weight excluding hydrogens is 350 g/mol. The van der Waals surface area contributed by atoms with Crippen molar-refractivity contribution in [1.82, 2.24) is 14.9 Å². The van der Waals surface area contributed by atoms with Crippen LogP contribution in [0.25, 0.3) is 17.1 Å². The molecule has 0 bridgehead atoms. The van der Waals surface area contributed by atoms with Gasteiger partial charge in [0.25, 0.3) is 0 Å². The van der Waals surface area contributed by atoms with Gasteiger partial charge >= 0.3 is 0 Å². The van der Waals surface area contributed by atoms with Crippen molar-refractivity contribution >= 4 is 34.6 Å². The van der Waals surface area contributed by atoms with Gasteiger partial charge in [-0.3, -0.25) is 9.78 Å². The molecule has 5 nitrogen and oxygen atoms in total. The molecule has 0 aliphatic carbocycles. The van der Waals surface area contributed by atoms with Crippen LogP contribution in [0, 0.1) is 0 Å². The average molecular weight is 368 g/mol. The number of carbonyl (C=O) groups is 1. The van der Waals surface area contributed by atoms with Crippen LogP contribution in [-0.2, 0) is 4.79 Å². The molecule has 0 N–H and O–H groups in total. The molecule has 0 aliphatic heterocycles. The van der Waals surface area contributed by atoms with Crippen molar-refractivity contribution in [3.8, 4) is 5.75 Å². The molecule has 6 heteroatoms. The minimum absolute atomic E-state index is 0.130. The van der Waals surface area contributed by atoms with Gasteiger partial charge in [0, 0.05) is 18.1 Å². The molecule has 0 aliphatic rings. The first-order valence-corrected chi connectivity index (χ1v) is 8.53. The molecule has 0 radical (unpaired) electrons. The van der Waals surface area contributed by atoms with Gasteiger partial charge in [-0.15, -0.1) is 0 Å². The van der Waals surface area contributed by atoms with Gasteiger partial charge in [-0.2, -0.15) is 0 Å². The lowest BCUT2D eigenvalue weighted by Gasteiger charge is -2.15. The van der Waals surface area contributed by atoms with Crippen molar-refractivity contribution < 1.29 is 9.53 Å². The highest BCUT2D eigenvalue weighted by Crippen LogP contribution is 2.17. The van der Waals surface area contributed by atoms with E-state index < -0.39 is 0 Å². The van der Waals surface area contributed by atoms with Gasteiger partial charge in [-0.1, -0.05) is 29.8 Å². The number of ether oxygens (including phenoxy) is 1. The second-order valence-electron chi connectivity index (χ2n) is 5.68. The van der Waals surface area contributed by atoms with Gasteiger partial charge < -0.3 is 9.64 Å². The highest BCUT2D eigenvalue weighted by Gasteiger charge is 2.05. The maximum atomic E-state index is 12.2. The van der Waals surface area contributed by atoms with Crippen molar-refractivity contribution in [3.05, 3.63) is 71.5 Å². The predicted octanol–water partition coefficient (Wildman–Crippen LogP) is 3.83. The molecule has 1 aromatic heterocycles. The van der Waals surface area contributed by atoms with Gasteiger partial charge in [0.1, 0.15) is 12.4 Å². The molecular formula is C20H18ClN3O2. The number of benzene rings is 2. The van der Waals surface area contributed by atoms with Crippen LogP contribution in [0.3, 0.4) is 0 Å². The average Bonchev–Trinajstić information content (AvgIpc) is 2.66. The van der Waals surface area contributed by atoms with E-state index in [-0.39, 0.29) is 5.91 Å². The van der Waals surface area contributed by atoms with Crippen molar-refractivity contribution in [3.63, 3.8) is 0 Å². The summed E-state index contributed by atoms with van der Waals surface area (Å²) < 4.78 is 5.59. The Balaban J connectivity index is 1.53. The molecule has 1 heterocycles. The van der Waals surface area contributed by atoms with Gasteiger partial charge in [0.05, 0.1) is 29.5 Å². The summed E-state index contributed by atoms with van der Waals surface area (Å²) in [5.41, 5.74) is 2.26. The minimum atomic E-state index is -0.130. The van der Waals surface area contributed by atoms with E-state index in [0.29, 0.717) is 29.6 Å². The minimum Gasteiger partial charge on any atom is -0.492 e. The second kappa shape index (κ2) is 8.45. The van der Waals surface area contributed by atoms with Crippen LogP contribution < -0.4 is 4.74 Å². The fourth-order valence-electron chi connectivity index (χ4n) is 2.30. The first kappa shape index (κ1) is 17.9. The van der Waals surface area contributed by atoms with Crippen LogP contribution >= 0.6 is 11.6 Å². The zero-order chi connectivity index (χ0) is 18.4. The number of rotatable bonds is 6. The lowest BCUT2D eigenvalue weighted by molar-refractivity contribution is -0.125. The van der Waals surface area contributed by atoms with E-state index in [1.165, 1.54) is 6.08 Å². The Morgan fingerprint density at radius 1 is 1.19 bits per heavy atom. The van der Waals surface area contributed by atoms with Crippen LogP contribution in [0.1, 0.15) is 5.69 Å². The van der Waals surface area contributed by atoms with Crippen LogP contribution in [-0.4, -0.2) is 41.0 Å². The summed E-state index contributed by atoms with van der Waals surface area (Å²) in [4.78, 5) is 22.6. The molecule has 0 spiro atoms. The number of fused-ring (bicyclic) bond motifs is 1. The molecule has 1 amide bonds. The molecule has 3 rings (SSSR count). The fraction of sp³-hybridized carbons (Fsp3) is 0.150. The summed E-state index contributed by atoms with van der Waals surface area (Å²) in [6.07, 6.45) is 4.79. The zero-order valence-corrected chi connectivity index (χ0v) is 15.1. The number of carbonyl (C=O) groups excluding carboxylic acids is 1. The van der Waals surface area contributed by atoms with Crippen LogP contribution in [0.15, 0.2) is 60.8 Å². The van der Waals surface area contributed by atoms with Gasteiger partial charge in [-0.05, 0) is 36.4 Å². The number of hydrogen-bond acceptors (Lipinski definition) is 4. The summed E-state index contributed by atoms with van der Waals surface area (Å²) in [6, 6.07) is 14.8. The van der Waals surface area contributed by atoms with Crippen molar-refractivity contribution in [2.75, 3.05) is 20.2 Å². The maximum absolute atomic E-state index is 12.2. The van der Waals surface area contributed by atoms with Crippen molar-refractivity contribution in [2.45, 2.75) is 0 Å². The smallest absolute Gasteiger partial charge is 0.246 e. The third kappa shape index (κ3) is 4.80. The van der Waals surface area contributed by atoms with Gasteiger partial charge in [0.2, 0.25) is 5.91 Å². The highest BCUT2D eigenvalue weighted by atomic mass is 35.5. The summed E-state index contributed by atoms with van der Waals surface area (Å²) in [6.45, 7) is 0.839. The zero-order valence-electron chi connectivity index (χ0n) is 14.3. The predicted molar refractivity (Wildman–Crippen MR) is 103 cm³/mol. The first-order valence-electron chi connectivity index (χ1n) is 8.15. The quantitative estimate of drug-likeness (QED) is 0.621. The molecule has 0 unspecified atom stereocenters. The Labute approximate surface area is 156 Å². The molecule has 0 saturated heterocycles. The van der Waals surface area contributed by atoms with Crippen molar-refractivity contribution in [2.24, 2.45) is 0 Å². The summed E-state index contributed by atoms with van der Waals surface area (Å²) >= 11 is 5.91. The summed E-state index contributed by atoms with van der Waals surface area (Å²) in [7, 11) is 1.72. The second-order valence-corrected chi connectivity index (χ2v) is 6.12. The Morgan fingerprint density at radius 3 is 2.81 bits per heavy atom. The SMILES string of the molecule is CN(CCOc1cccc(Cl)c1)C(=O)/C=C/c1cnc2ccccc2n1. The van der Waals surface area contributed by atoms with Gasteiger partial charge in [-0.25, -0.2) is 4.98 Å². The lowest BCUT2D eigenvalue weighted by Crippen LogP contribution is -2.29. The number of hydrogen-bond donors (Lipinski definition) is 0. The van der Waals surface area contributed by atoms with Crippen LogP contribution in [0.5, 0.6) is 5.75 Å². The number of likely N-dealkylation sites (N-methyl/N-ethyl adjacent to an activating group) is 1. The Kier molecular flexibility index (Phi) is 5.81. The number of aromatic nitrogens is 2. The third-order valence-electron chi connectivity index (χ3n) is 3.73. The topological polar surface area (TPSA) is 55.3 Å². The monoisotopic (exact) mass is 367 g/mol. The van der Waals surface area contributed by atoms with Crippen molar-refractivity contribution in [1.29, 1.82) is 0 Å². The van der Waals surface area contributed by atoms with E-state index in [4.69, 9.17) is 16.3 Å². The Hall–Kier alpha value is -2.92. The largest absolute Gasteiger partial charge is 0.492 e. The molecule has 2 aromatic carbocycles. The molecule has 26 heavy (non-hydrogen) atoms. The number of halogens is 1. The van der Waals surface area contributed by atoms with E-state index in [1.807, 2.05) is 36.4 Å². The van der Waals surface area contributed by atoms with Crippen LogP contribution in [0.2, 0.25) is 5.02 Å². The number of nitrogens with zero attached hydrogens (tertiary/aromatic N) is 3. The maximum Gasteiger partial charge on any atom is 0.246 e. The first-order chi connectivity index (χ1) is 12.6.